The van der Waals surface area contributed by atoms with Gasteiger partial charge in [-0.05, 0) is 35.2 Å². The Balaban J connectivity index is 0.000000240. The molecule has 1 aliphatic rings. The van der Waals surface area contributed by atoms with Crippen LogP contribution in [0.5, 0.6) is 0 Å². The number of aliphatic carboxylic acids is 2. The van der Waals surface area contributed by atoms with Crippen molar-refractivity contribution in [2.24, 2.45) is 0 Å². The summed E-state index contributed by atoms with van der Waals surface area (Å²) in [7, 11) is 0. The van der Waals surface area contributed by atoms with E-state index in [2.05, 4.69) is 31.2 Å². The summed E-state index contributed by atoms with van der Waals surface area (Å²) in [5, 5.41) is 15.8. The SMILES string of the molecule is CC1CN(Cl)CCc2ccccc21.O=C(O)CCC(=O)O. The number of hydrogen-bond donors (Lipinski definition) is 2. The summed E-state index contributed by atoms with van der Waals surface area (Å²) in [5.74, 6) is -1.60. The van der Waals surface area contributed by atoms with E-state index in [0.717, 1.165) is 19.5 Å². The van der Waals surface area contributed by atoms with Gasteiger partial charge in [0.2, 0.25) is 0 Å². The summed E-state index contributed by atoms with van der Waals surface area (Å²) in [5.41, 5.74) is 2.92. The number of halogens is 1. The molecule has 1 aromatic rings. The third kappa shape index (κ3) is 6.60. The number of hydrogen-bond acceptors (Lipinski definition) is 3. The van der Waals surface area contributed by atoms with Crippen molar-refractivity contribution in [3.05, 3.63) is 35.4 Å². The molecule has 2 N–H and O–H groups in total. The number of fused-ring (bicyclic) bond motifs is 1. The molecule has 0 spiro atoms. The van der Waals surface area contributed by atoms with E-state index in [1.54, 1.807) is 0 Å². The highest BCUT2D eigenvalue weighted by atomic mass is 35.5. The fourth-order valence-electron chi connectivity index (χ4n) is 2.19. The van der Waals surface area contributed by atoms with E-state index < -0.39 is 11.9 Å². The van der Waals surface area contributed by atoms with Crippen LogP contribution in [-0.2, 0) is 16.0 Å². The van der Waals surface area contributed by atoms with Gasteiger partial charge in [-0.15, -0.1) is 0 Å². The molecule has 1 aliphatic heterocycles. The van der Waals surface area contributed by atoms with Crippen molar-refractivity contribution in [1.82, 2.24) is 4.42 Å². The zero-order valence-corrected chi connectivity index (χ0v) is 12.7. The Kier molecular flexibility index (Phi) is 7.19. The van der Waals surface area contributed by atoms with Gasteiger partial charge in [-0.25, -0.2) is 4.42 Å². The lowest BCUT2D eigenvalue weighted by molar-refractivity contribution is -0.143. The van der Waals surface area contributed by atoms with Crippen LogP contribution in [0.25, 0.3) is 0 Å². The van der Waals surface area contributed by atoms with Gasteiger partial charge in [0.25, 0.3) is 0 Å². The van der Waals surface area contributed by atoms with Gasteiger partial charge >= 0.3 is 11.9 Å². The van der Waals surface area contributed by atoms with Gasteiger partial charge in [0, 0.05) is 13.1 Å². The van der Waals surface area contributed by atoms with Gasteiger partial charge in [-0.1, -0.05) is 31.2 Å². The number of rotatable bonds is 3. The first kappa shape index (κ1) is 17.5. The minimum Gasteiger partial charge on any atom is -0.481 e. The standard InChI is InChI=1S/C11H14ClN.C4H6O4/c1-9-8-13(12)7-6-10-4-2-3-5-11(9)10;5-3(6)1-2-4(7)8/h2-5,9H,6-8H2,1H3;1-2H2,(H,5,6)(H,7,8). The van der Waals surface area contributed by atoms with Crippen LogP contribution in [0.4, 0.5) is 0 Å². The zero-order chi connectivity index (χ0) is 15.8. The van der Waals surface area contributed by atoms with Crippen molar-refractivity contribution in [2.75, 3.05) is 13.1 Å². The third-order valence-corrected chi connectivity index (χ3v) is 3.54. The highest BCUT2D eigenvalue weighted by Crippen LogP contribution is 2.25. The normalized spacial score (nSPS) is 17.9. The number of carboxylic acids is 2. The van der Waals surface area contributed by atoms with Crippen molar-refractivity contribution in [3.8, 4) is 0 Å². The second-order valence-electron chi connectivity index (χ2n) is 5.01. The van der Waals surface area contributed by atoms with Crippen LogP contribution in [0.1, 0.15) is 36.8 Å². The Morgan fingerprint density at radius 3 is 2.38 bits per heavy atom. The van der Waals surface area contributed by atoms with E-state index in [-0.39, 0.29) is 12.8 Å². The first-order valence-electron chi connectivity index (χ1n) is 6.82. The summed E-state index contributed by atoms with van der Waals surface area (Å²) in [4.78, 5) is 19.3. The van der Waals surface area contributed by atoms with Crippen LogP contribution in [0.15, 0.2) is 24.3 Å². The molecule has 21 heavy (non-hydrogen) atoms. The van der Waals surface area contributed by atoms with Gasteiger partial charge < -0.3 is 10.2 Å². The predicted octanol–water partition coefficient (Wildman–Crippen LogP) is 2.74. The van der Waals surface area contributed by atoms with Gasteiger partial charge in [-0.3, -0.25) is 9.59 Å². The van der Waals surface area contributed by atoms with Crippen molar-refractivity contribution < 1.29 is 19.8 Å². The highest BCUT2D eigenvalue weighted by Gasteiger charge is 2.17. The summed E-state index contributed by atoms with van der Waals surface area (Å²) in [6.07, 6.45) is 0.481. The largest absolute Gasteiger partial charge is 0.481 e. The lowest BCUT2D eigenvalue weighted by Crippen LogP contribution is -2.16. The zero-order valence-electron chi connectivity index (χ0n) is 12.0. The molecule has 1 heterocycles. The minimum atomic E-state index is -1.08. The van der Waals surface area contributed by atoms with Crippen molar-refractivity contribution in [1.29, 1.82) is 0 Å². The maximum atomic E-state index is 9.64. The molecular weight excluding hydrogens is 294 g/mol. The Labute approximate surface area is 129 Å². The Hall–Kier alpha value is -1.59. The fourth-order valence-corrected chi connectivity index (χ4v) is 2.48. The second kappa shape index (κ2) is 8.64. The molecule has 0 saturated heterocycles. The molecule has 0 amide bonds. The molecule has 0 radical (unpaired) electrons. The Morgan fingerprint density at radius 2 is 1.81 bits per heavy atom. The first-order valence-corrected chi connectivity index (χ1v) is 7.16. The number of carbonyl (C=O) groups is 2. The Morgan fingerprint density at radius 1 is 1.24 bits per heavy atom. The molecule has 5 nitrogen and oxygen atoms in total. The van der Waals surface area contributed by atoms with Gasteiger partial charge in [0.15, 0.2) is 0 Å². The summed E-state index contributed by atoms with van der Waals surface area (Å²) < 4.78 is 1.89. The van der Waals surface area contributed by atoms with Gasteiger partial charge in [0.05, 0.1) is 12.8 Å². The maximum Gasteiger partial charge on any atom is 0.303 e. The molecule has 1 unspecified atom stereocenters. The van der Waals surface area contributed by atoms with E-state index in [0.29, 0.717) is 5.92 Å². The topological polar surface area (TPSA) is 77.8 Å². The average Bonchev–Trinajstić information content (AvgIpc) is 2.57. The van der Waals surface area contributed by atoms with Crippen LogP contribution in [-0.4, -0.2) is 39.7 Å². The quantitative estimate of drug-likeness (QED) is 0.839. The predicted molar refractivity (Wildman–Crippen MR) is 80.5 cm³/mol. The third-order valence-electron chi connectivity index (χ3n) is 3.23. The molecule has 1 aromatic carbocycles. The van der Waals surface area contributed by atoms with Crippen molar-refractivity contribution in [2.45, 2.75) is 32.1 Å². The highest BCUT2D eigenvalue weighted by molar-refractivity contribution is 6.13. The van der Waals surface area contributed by atoms with Crippen LogP contribution in [0.2, 0.25) is 0 Å². The lowest BCUT2D eigenvalue weighted by atomic mass is 9.96. The van der Waals surface area contributed by atoms with Crippen LogP contribution >= 0.6 is 11.8 Å². The molecule has 0 fully saturated rings. The van der Waals surface area contributed by atoms with Gasteiger partial charge in [-0.2, -0.15) is 0 Å². The number of nitrogens with zero attached hydrogens (tertiary/aromatic N) is 1. The van der Waals surface area contributed by atoms with E-state index >= 15 is 0 Å². The lowest BCUT2D eigenvalue weighted by Gasteiger charge is -2.14. The molecule has 0 bridgehead atoms. The van der Waals surface area contributed by atoms with E-state index in [9.17, 15) is 9.59 Å². The average molecular weight is 314 g/mol. The number of carboxylic acid groups (broad SMARTS) is 2. The Bertz CT molecular complexity index is 478. The molecule has 0 aliphatic carbocycles. The van der Waals surface area contributed by atoms with Crippen LogP contribution in [0, 0.1) is 0 Å². The molecule has 1 atom stereocenters. The number of benzene rings is 1. The molecule has 116 valence electrons. The monoisotopic (exact) mass is 313 g/mol. The molecular formula is C15H20ClNO4. The fraction of sp³-hybridized carbons (Fsp3) is 0.467. The van der Waals surface area contributed by atoms with E-state index in [4.69, 9.17) is 22.0 Å². The van der Waals surface area contributed by atoms with Crippen LogP contribution in [0.3, 0.4) is 0 Å². The molecule has 2 rings (SSSR count). The summed E-state index contributed by atoms with van der Waals surface area (Å²) in [6.45, 7) is 4.15. The smallest absolute Gasteiger partial charge is 0.303 e. The minimum absolute atomic E-state index is 0.296. The van der Waals surface area contributed by atoms with Gasteiger partial charge in [0.1, 0.15) is 0 Å². The molecule has 6 heteroatoms. The summed E-state index contributed by atoms with van der Waals surface area (Å²) in [6, 6.07) is 8.65. The van der Waals surface area contributed by atoms with Crippen LogP contribution < -0.4 is 0 Å². The van der Waals surface area contributed by atoms with Crippen molar-refractivity contribution in [3.63, 3.8) is 0 Å². The maximum absolute atomic E-state index is 9.64. The summed E-state index contributed by atoms with van der Waals surface area (Å²) >= 11 is 6.04. The first-order chi connectivity index (χ1) is 9.90. The molecule has 0 aromatic heterocycles. The molecule has 0 saturated carbocycles. The van der Waals surface area contributed by atoms with E-state index in [1.807, 2.05) is 4.42 Å². The second-order valence-corrected chi connectivity index (χ2v) is 5.48. The van der Waals surface area contributed by atoms with Crippen molar-refractivity contribution >= 4 is 23.7 Å². The van der Waals surface area contributed by atoms with E-state index in [1.165, 1.54) is 11.1 Å².